The summed E-state index contributed by atoms with van der Waals surface area (Å²) >= 11 is 0. The van der Waals surface area contributed by atoms with Gasteiger partial charge in [-0.3, -0.25) is 14.6 Å². The van der Waals surface area contributed by atoms with E-state index in [1.807, 2.05) is 13.0 Å². The van der Waals surface area contributed by atoms with Crippen LogP contribution in [0.15, 0.2) is 71.8 Å². The van der Waals surface area contributed by atoms with E-state index in [-0.39, 0.29) is 54.5 Å². The number of aliphatic hydroxyl groups is 1. The van der Waals surface area contributed by atoms with Crippen LogP contribution in [-0.4, -0.2) is 97.4 Å². The molecule has 0 spiro atoms. The lowest BCUT2D eigenvalue weighted by molar-refractivity contribution is -0.130. The van der Waals surface area contributed by atoms with E-state index in [4.69, 9.17) is 4.74 Å². The highest BCUT2D eigenvalue weighted by molar-refractivity contribution is 7.89. The molecule has 1 aromatic heterocycles. The number of amides is 2. The predicted molar refractivity (Wildman–Crippen MR) is 159 cm³/mol. The minimum atomic E-state index is -4.01. The van der Waals surface area contributed by atoms with Crippen LogP contribution in [0.1, 0.15) is 29.9 Å². The Morgan fingerprint density at radius 2 is 1.76 bits per heavy atom. The van der Waals surface area contributed by atoms with Crippen LogP contribution in [0.5, 0.6) is 5.75 Å². The number of hydrogen-bond acceptors (Lipinski definition) is 7. The summed E-state index contributed by atoms with van der Waals surface area (Å²) in [4.78, 5) is 32.7. The first kappa shape index (κ1) is 31.1. The summed E-state index contributed by atoms with van der Waals surface area (Å²) < 4.78 is 35.4. The van der Waals surface area contributed by atoms with Crippen LogP contribution in [0.2, 0.25) is 0 Å². The second kappa shape index (κ2) is 13.0. The number of carbonyl (C=O) groups excluding carboxylic acids is 2. The molecule has 0 radical (unpaired) electrons. The SMILES string of the molecule is C[C@H]1CN([C@@H](C)CO)S(=O)(=O)c2ccc(-c3ccc(C(=O)N(C)C)cc3)cc2O[C@@H]1CN(C)C(=O)Cc1ccccn1. The lowest BCUT2D eigenvalue weighted by Gasteiger charge is -2.37. The smallest absolute Gasteiger partial charge is 0.253 e. The largest absolute Gasteiger partial charge is 0.487 e. The number of pyridine rings is 1. The lowest BCUT2D eigenvalue weighted by atomic mass is 10.0. The fraction of sp³-hybridized carbons (Fsp3) is 0.387. The van der Waals surface area contributed by atoms with E-state index in [1.54, 1.807) is 87.7 Å². The zero-order valence-electron chi connectivity index (χ0n) is 24.6. The highest BCUT2D eigenvalue weighted by Gasteiger charge is 2.38. The highest BCUT2D eigenvalue weighted by atomic mass is 32.2. The molecule has 0 saturated heterocycles. The van der Waals surface area contributed by atoms with Gasteiger partial charge in [-0.05, 0) is 54.4 Å². The van der Waals surface area contributed by atoms with Gasteiger partial charge in [0.05, 0.1) is 19.6 Å². The number of sulfonamides is 1. The van der Waals surface area contributed by atoms with Crippen LogP contribution >= 0.6 is 0 Å². The Hall–Kier alpha value is -3.80. The second-order valence-electron chi connectivity index (χ2n) is 11.0. The maximum absolute atomic E-state index is 13.8. The van der Waals surface area contributed by atoms with Gasteiger partial charge in [0.25, 0.3) is 5.91 Å². The Balaban J connectivity index is 1.69. The molecule has 10 nitrogen and oxygen atoms in total. The first-order valence-corrected chi connectivity index (χ1v) is 15.3. The van der Waals surface area contributed by atoms with Crippen molar-refractivity contribution >= 4 is 21.8 Å². The molecule has 3 aromatic rings. The van der Waals surface area contributed by atoms with Crippen LogP contribution < -0.4 is 4.74 Å². The van der Waals surface area contributed by atoms with Gasteiger partial charge in [-0.1, -0.05) is 31.2 Å². The number of ether oxygens (including phenoxy) is 1. The molecule has 3 atom stereocenters. The third-order valence-corrected chi connectivity index (χ3v) is 9.50. The van der Waals surface area contributed by atoms with Crippen molar-refractivity contribution in [2.24, 2.45) is 5.92 Å². The van der Waals surface area contributed by atoms with E-state index in [1.165, 1.54) is 15.3 Å². The van der Waals surface area contributed by atoms with Gasteiger partial charge in [0.2, 0.25) is 15.9 Å². The quantitative estimate of drug-likeness (QED) is 0.426. The number of hydrogen-bond donors (Lipinski definition) is 1. The van der Waals surface area contributed by atoms with Gasteiger partial charge < -0.3 is 19.6 Å². The molecule has 42 heavy (non-hydrogen) atoms. The van der Waals surface area contributed by atoms with Gasteiger partial charge in [0.15, 0.2) is 0 Å². The number of benzene rings is 2. The number of carbonyl (C=O) groups is 2. The average molecular weight is 595 g/mol. The molecule has 1 aliphatic heterocycles. The Morgan fingerprint density at radius 3 is 2.38 bits per heavy atom. The van der Waals surface area contributed by atoms with Crippen molar-refractivity contribution in [1.29, 1.82) is 0 Å². The first-order chi connectivity index (χ1) is 19.9. The predicted octanol–water partition coefficient (Wildman–Crippen LogP) is 2.92. The summed E-state index contributed by atoms with van der Waals surface area (Å²) in [6.45, 7) is 3.53. The molecule has 0 saturated carbocycles. The van der Waals surface area contributed by atoms with Crippen LogP contribution in [0.3, 0.4) is 0 Å². The van der Waals surface area contributed by atoms with E-state index in [2.05, 4.69) is 4.98 Å². The normalized spacial score (nSPS) is 19.0. The molecule has 2 aromatic carbocycles. The van der Waals surface area contributed by atoms with Gasteiger partial charge in [-0.15, -0.1) is 0 Å². The average Bonchev–Trinajstić information content (AvgIpc) is 2.98. The van der Waals surface area contributed by atoms with Crippen molar-refractivity contribution in [2.75, 3.05) is 40.8 Å². The van der Waals surface area contributed by atoms with Gasteiger partial charge in [-0.2, -0.15) is 4.31 Å². The standard InChI is InChI=1S/C31H38N4O6S/c1-21-18-35(22(2)20-36)42(39,40)29-14-13-25(23-9-11-24(12-10-23)31(38)33(3)4)16-27(29)41-28(21)19-34(5)30(37)17-26-8-6-7-15-32-26/h6-16,21-22,28,36H,17-20H2,1-5H3/t21-,22-,28+/m0/s1. The fourth-order valence-corrected chi connectivity index (χ4v) is 6.68. The Morgan fingerprint density at radius 1 is 1.07 bits per heavy atom. The molecule has 224 valence electrons. The second-order valence-corrected chi connectivity index (χ2v) is 12.8. The van der Waals surface area contributed by atoms with Crippen LogP contribution in [0.25, 0.3) is 11.1 Å². The molecule has 0 bridgehead atoms. The topological polar surface area (TPSA) is 120 Å². The maximum atomic E-state index is 13.8. The summed E-state index contributed by atoms with van der Waals surface area (Å²) in [5.41, 5.74) is 2.68. The minimum absolute atomic E-state index is 0.00896. The highest BCUT2D eigenvalue weighted by Crippen LogP contribution is 2.36. The van der Waals surface area contributed by atoms with Gasteiger partial charge in [0, 0.05) is 57.1 Å². The maximum Gasteiger partial charge on any atom is 0.253 e. The van der Waals surface area contributed by atoms with E-state index < -0.39 is 22.2 Å². The molecule has 0 unspecified atom stereocenters. The molecular formula is C31H38N4O6S. The van der Waals surface area contributed by atoms with Crippen molar-refractivity contribution in [3.63, 3.8) is 0 Å². The fourth-order valence-electron chi connectivity index (χ4n) is 4.85. The van der Waals surface area contributed by atoms with E-state index in [0.29, 0.717) is 16.8 Å². The molecule has 1 aliphatic rings. The Labute approximate surface area is 247 Å². The van der Waals surface area contributed by atoms with Crippen molar-refractivity contribution < 1.29 is 27.9 Å². The number of likely N-dealkylation sites (N-methyl/N-ethyl adjacent to an activating group) is 1. The monoisotopic (exact) mass is 594 g/mol. The number of aromatic nitrogens is 1. The number of rotatable bonds is 8. The Bertz CT molecular complexity index is 1510. The zero-order chi connectivity index (χ0) is 30.6. The molecule has 2 amide bonds. The summed E-state index contributed by atoms with van der Waals surface area (Å²) in [5.74, 6) is -0.405. The van der Waals surface area contributed by atoms with Gasteiger partial charge in [-0.25, -0.2) is 8.42 Å². The van der Waals surface area contributed by atoms with Crippen molar-refractivity contribution in [2.45, 2.75) is 37.3 Å². The first-order valence-electron chi connectivity index (χ1n) is 13.8. The lowest BCUT2D eigenvalue weighted by Crippen LogP contribution is -2.50. The van der Waals surface area contributed by atoms with E-state index >= 15 is 0 Å². The molecule has 0 fully saturated rings. The van der Waals surface area contributed by atoms with E-state index in [0.717, 1.165) is 5.56 Å². The molecule has 1 N–H and O–H groups in total. The van der Waals surface area contributed by atoms with Crippen LogP contribution in [0.4, 0.5) is 0 Å². The zero-order valence-corrected chi connectivity index (χ0v) is 25.4. The third-order valence-electron chi connectivity index (χ3n) is 7.48. The van der Waals surface area contributed by atoms with Crippen LogP contribution in [0, 0.1) is 5.92 Å². The summed E-state index contributed by atoms with van der Waals surface area (Å²) in [5, 5.41) is 9.91. The van der Waals surface area contributed by atoms with Crippen molar-refractivity contribution in [1.82, 2.24) is 19.1 Å². The summed E-state index contributed by atoms with van der Waals surface area (Å²) in [7, 11) is 1.05. The van der Waals surface area contributed by atoms with Crippen molar-refractivity contribution in [3.05, 3.63) is 78.1 Å². The molecule has 2 heterocycles. The number of fused-ring (bicyclic) bond motifs is 1. The van der Waals surface area contributed by atoms with E-state index in [9.17, 15) is 23.1 Å². The summed E-state index contributed by atoms with van der Waals surface area (Å²) in [6, 6.07) is 16.7. The molecule has 4 rings (SSSR count). The third kappa shape index (κ3) is 6.80. The summed E-state index contributed by atoms with van der Waals surface area (Å²) in [6.07, 6.45) is 1.23. The van der Waals surface area contributed by atoms with Gasteiger partial charge >= 0.3 is 0 Å². The Kier molecular flexibility index (Phi) is 9.65. The van der Waals surface area contributed by atoms with Crippen molar-refractivity contribution in [3.8, 4) is 16.9 Å². The minimum Gasteiger partial charge on any atom is -0.487 e. The van der Waals surface area contributed by atoms with Gasteiger partial charge in [0.1, 0.15) is 16.7 Å². The molecule has 0 aliphatic carbocycles. The molecule has 11 heteroatoms. The number of nitrogens with zero attached hydrogens (tertiary/aromatic N) is 4. The molecular weight excluding hydrogens is 556 g/mol. The number of aliphatic hydroxyl groups excluding tert-OH is 1. The van der Waals surface area contributed by atoms with Crippen LogP contribution in [-0.2, 0) is 21.2 Å².